The fourth-order valence-corrected chi connectivity index (χ4v) is 0.624. The van der Waals surface area contributed by atoms with E-state index in [9.17, 15) is 4.79 Å². The summed E-state index contributed by atoms with van der Waals surface area (Å²) in [5.41, 5.74) is 0.303. The number of aliphatic hydroxyl groups excluding tert-OH is 1. The van der Waals surface area contributed by atoms with Gasteiger partial charge in [-0.1, -0.05) is 6.58 Å². The minimum atomic E-state index is -1.07. The van der Waals surface area contributed by atoms with Crippen molar-refractivity contribution in [2.75, 3.05) is 6.61 Å². The first kappa shape index (κ1) is 12.1. The van der Waals surface area contributed by atoms with E-state index >= 15 is 0 Å². The summed E-state index contributed by atoms with van der Waals surface area (Å²) in [6, 6.07) is 0. The van der Waals surface area contributed by atoms with Crippen LogP contribution in [0.15, 0.2) is 12.2 Å². The van der Waals surface area contributed by atoms with Crippen LogP contribution in [0.4, 0.5) is 0 Å². The summed E-state index contributed by atoms with van der Waals surface area (Å²) >= 11 is 0. The van der Waals surface area contributed by atoms with E-state index < -0.39 is 12.3 Å². The quantitative estimate of drug-likeness (QED) is 0.395. The van der Waals surface area contributed by atoms with Crippen LogP contribution in [-0.2, 0) is 14.3 Å². The van der Waals surface area contributed by atoms with E-state index in [4.69, 9.17) is 9.84 Å². The lowest BCUT2D eigenvalue weighted by molar-refractivity contribution is -0.171. The first-order chi connectivity index (χ1) is 5.93. The summed E-state index contributed by atoms with van der Waals surface area (Å²) in [7, 11) is 0. The van der Waals surface area contributed by atoms with Crippen molar-refractivity contribution in [1.82, 2.24) is 0 Å². The van der Waals surface area contributed by atoms with Gasteiger partial charge in [-0.3, -0.25) is 0 Å². The second-order valence-electron chi connectivity index (χ2n) is 3.02. The van der Waals surface area contributed by atoms with Crippen LogP contribution in [0.3, 0.4) is 0 Å². The molecule has 0 rings (SSSR count). The lowest BCUT2D eigenvalue weighted by Crippen LogP contribution is -2.24. The molecule has 0 aliphatic carbocycles. The SMILES string of the molecule is C=C(C)C(=O)OCC(O)OC(C)C. The van der Waals surface area contributed by atoms with Crippen LogP contribution >= 0.6 is 0 Å². The van der Waals surface area contributed by atoms with Crippen LogP contribution in [0, 0.1) is 0 Å². The fraction of sp³-hybridized carbons (Fsp3) is 0.667. The molecule has 0 aliphatic heterocycles. The van der Waals surface area contributed by atoms with E-state index in [1.807, 2.05) is 0 Å². The second kappa shape index (κ2) is 5.72. The van der Waals surface area contributed by atoms with E-state index in [1.54, 1.807) is 13.8 Å². The predicted octanol–water partition coefficient (Wildman–Crippen LogP) is 0.849. The van der Waals surface area contributed by atoms with Gasteiger partial charge in [0.15, 0.2) is 6.29 Å². The molecule has 0 radical (unpaired) electrons. The van der Waals surface area contributed by atoms with Crippen LogP contribution < -0.4 is 0 Å². The first-order valence-electron chi connectivity index (χ1n) is 4.09. The van der Waals surface area contributed by atoms with Gasteiger partial charge in [0.05, 0.1) is 6.10 Å². The maximum absolute atomic E-state index is 10.8. The Kier molecular flexibility index (Phi) is 5.34. The Morgan fingerprint density at radius 2 is 2.08 bits per heavy atom. The highest BCUT2D eigenvalue weighted by molar-refractivity contribution is 5.86. The van der Waals surface area contributed by atoms with Crippen molar-refractivity contribution < 1.29 is 19.4 Å². The van der Waals surface area contributed by atoms with Gasteiger partial charge in [-0.05, 0) is 20.8 Å². The lowest BCUT2D eigenvalue weighted by Gasteiger charge is -2.14. The van der Waals surface area contributed by atoms with E-state index in [2.05, 4.69) is 11.3 Å². The van der Waals surface area contributed by atoms with E-state index in [1.165, 1.54) is 6.92 Å². The van der Waals surface area contributed by atoms with Crippen molar-refractivity contribution in [3.63, 3.8) is 0 Å². The third-order valence-corrected chi connectivity index (χ3v) is 1.13. The van der Waals surface area contributed by atoms with Crippen molar-refractivity contribution >= 4 is 5.97 Å². The Balaban J connectivity index is 3.64. The maximum atomic E-state index is 10.8. The third-order valence-electron chi connectivity index (χ3n) is 1.13. The van der Waals surface area contributed by atoms with Gasteiger partial charge in [0.1, 0.15) is 6.61 Å². The normalized spacial score (nSPS) is 12.7. The summed E-state index contributed by atoms with van der Waals surface area (Å²) in [6.45, 7) is 8.34. The molecule has 0 aliphatic rings. The van der Waals surface area contributed by atoms with Crippen LogP contribution in [0.25, 0.3) is 0 Å². The highest BCUT2D eigenvalue weighted by atomic mass is 16.6. The molecule has 0 saturated carbocycles. The number of esters is 1. The summed E-state index contributed by atoms with van der Waals surface area (Å²) < 4.78 is 9.58. The molecule has 0 bridgehead atoms. The second-order valence-corrected chi connectivity index (χ2v) is 3.02. The number of rotatable bonds is 5. The fourth-order valence-electron chi connectivity index (χ4n) is 0.624. The highest BCUT2D eigenvalue weighted by Crippen LogP contribution is 1.98. The molecule has 13 heavy (non-hydrogen) atoms. The largest absolute Gasteiger partial charge is 0.457 e. The molecule has 0 aromatic rings. The van der Waals surface area contributed by atoms with Gasteiger partial charge in [-0.25, -0.2) is 4.79 Å². The first-order valence-corrected chi connectivity index (χ1v) is 4.09. The maximum Gasteiger partial charge on any atom is 0.333 e. The Morgan fingerprint density at radius 3 is 2.46 bits per heavy atom. The third kappa shape index (κ3) is 6.31. The Bertz CT molecular complexity index is 186. The molecule has 0 heterocycles. The zero-order valence-corrected chi connectivity index (χ0v) is 8.24. The smallest absolute Gasteiger partial charge is 0.333 e. The van der Waals surface area contributed by atoms with Crippen LogP contribution in [-0.4, -0.2) is 30.1 Å². The number of carbonyl (C=O) groups is 1. The average Bonchev–Trinajstić information content (AvgIpc) is 1.98. The van der Waals surface area contributed by atoms with Gasteiger partial charge in [-0.2, -0.15) is 0 Å². The van der Waals surface area contributed by atoms with E-state index in [-0.39, 0.29) is 12.7 Å². The van der Waals surface area contributed by atoms with Gasteiger partial charge in [0.2, 0.25) is 0 Å². The average molecular weight is 188 g/mol. The van der Waals surface area contributed by atoms with Crippen LogP contribution in [0.5, 0.6) is 0 Å². The lowest BCUT2D eigenvalue weighted by atomic mass is 10.4. The minimum Gasteiger partial charge on any atom is -0.457 e. The van der Waals surface area contributed by atoms with Crippen molar-refractivity contribution in [3.05, 3.63) is 12.2 Å². The van der Waals surface area contributed by atoms with E-state index in [0.717, 1.165) is 0 Å². The summed E-state index contributed by atoms with van der Waals surface area (Å²) in [6.07, 6.45) is -1.16. The van der Waals surface area contributed by atoms with Gasteiger partial charge in [0, 0.05) is 5.57 Å². The molecule has 1 unspecified atom stereocenters. The van der Waals surface area contributed by atoms with Crippen molar-refractivity contribution in [2.24, 2.45) is 0 Å². The van der Waals surface area contributed by atoms with Crippen molar-refractivity contribution in [1.29, 1.82) is 0 Å². The number of carbonyl (C=O) groups excluding carboxylic acids is 1. The molecule has 76 valence electrons. The molecule has 0 aromatic carbocycles. The summed E-state index contributed by atoms with van der Waals surface area (Å²) in [4.78, 5) is 10.8. The van der Waals surface area contributed by atoms with Gasteiger partial charge >= 0.3 is 5.97 Å². The Morgan fingerprint density at radius 1 is 1.54 bits per heavy atom. The molecule has 0 aromatic heterocycles. The molecule has 1 N–H and O–H groups in total. The van der Waals surface area contributed by atoms with E-state index in [0.29, 0.717) is 5.57 Å². The van der Waals surface area contributed by atoms with Crippen molar-refractivity contribution in [3.8, 4) is 0 Å². The monoisotopic (exact) mass is 188 g/mol. The highest BCUT2D eigenvalue weighted by Gasteiger charge is 2.10. The van der Waals surface area contributed by atoms with Crippen LogP contribution in [0.1, 0.15) is 20.8 Å². The number of hydrogen-bond donors (Lipinski definition) is 1. The van der Waals surface area contributed by atoms with Gasteiger partial charge in [0.25, 0.3) is 0 Å². The predicted molar refractivity (Wildman–Crippen MR) is 48.0 cm³/mol. The van der Waals surface area contributed by atoms with Gasteiger partial charge < -0.3 is 14.6 Å². The minimum absolute atomic E-state index is 0.0986. The molecular weight excluding hydrogens is 172 g/mol. The standard InChI is InChI=1S/C9H16O4/c1-6(2)9(11)12-5-8(10)13-7(3)4/h7-8,10H,1,5H2,2-4H3. The Hall–Kier alpha value is -0.870. The molecule has 4 nitrogen and oxygen atoms in total. The molecule has 1 atom stereocenters. The molecule has 0 amide bonds. The molecule has 0 spiro atoms. The molecule has 0 saturated heterocycles. The Labute approximate surface area is 78.2 Å². The summed E-state index contributed by atoms with van der Waals surface area (Å²) in [5, 5.41) is 9.12. The zero-order valence-electron chi connectivity index (χ0n) is 8.24. The molecule has 4 heteroatoms. The topological polar surface area (TPSA) is 55.8 Å². The van der Waals surface area contributed by atoms with Gasteiger partial charge in [-0.15, -0.1) is 0 Å². The zero-order chi connectivity index (χ0) is 10.4. The van der Waals surface area contributed by atoms with Crippen LogP contribution in [0.2, 0.25) is 0 Å². The number of aliphatic hydroxyl groups is 1. The number of ether oxygens (including phenoxy) is 2. The number of hydrogen-bond acceptors (Lipinski definition) is 4. The molecule has 0 fully saturated rings. The van der Waals surface area contributed by atoms with Crippen molar-refractivity contribution in [2.45, 2.75) is 33.2 Å². The molecular formula is C9H16O4. The summed E-state index contributed by atoms with van der Waals surface area (Å²) in [5.74, 6) is -0.522.